The molecule has 1 aliphatic heterocycles. The molecule has 0 aliphatic carbocycles. The number of benzene rings is 1. The lowest BCUT2D eigenvalue weighted by Gasteiger charge is -2.27. The Morgan fingerprint density at radius 1 is 1.55 bits per heavy atom. The maximum absolute atomic E-state index is 13.8. The summed E-state index contributed by atoms with van der Waals surface area (Å²) < 4.78 is 18.7. The van der Waals surface area contributed by atoms with Crippen molar-refractivity contribution in [3.05, 3.63) is 29.6 Å². The molecule has 1 saturated heterocycles. The molecule has 4 nitrogen and oxygen atoms in total. The average Bonchev–Trinajstić information content (AvgIpc) is 2.80. The average molecular weight is 280 g/mol. The SMILES string of the molecule is CCC(C)CN1C(=O)CNC1c1ccc(OC)c(F)c1. The van der Waals surface area contributed by atoms with Gasteiger partial charge in [0.25, 0.3) is 0 Å². The van der Waals surface area contributed by atoms with Crippen molar-refractivity contribution in [1.29, 1.82) is 0 Å². The van der Waals surface area contributed by atoms with E-state index in [-0.39, 0.29) is 17.8 Å². The van der Waals surface area contributed by atoms with E-state index >= 15 is 0 Å². The second-order valence-corrected chi connectivity index (χ2v) is 5.24. The second kappa shape index (κ2) is 6.22. The zero-order valence-electron chi connectivity index (χ0n) is 12.1. The summed E-state index contributed by atoms with van der Waals surface area (Å²) in [5.41, 5.74) is 0.748. The molecular formula is C15H21FN2O2. The van der Waals surface area contributed by atoms with Gasteiger partial charge in [0.05, 0.1) is 13.7 Å². The van der Waals surface area contributed by atoms with Gasteiger partial charge in [-0.1, -0.05) is 26.3 Å². The molecule has 1 heterocycles. The van der Waals surface area contributed by atoms with Gasteiger partial charge in [-0.3, -0.25) is 10.1 Å². The minimum absolute atomic E-state index is 0.0616. The van der Waals surface area contributed by atoms with E-state index in [9.17, 15) is 9.18 Å². The predicted octanol–water partition coefficient (Wildman–Crippen LogP) is 2.31. The maximum atomic E-state index is 13.8. The number of methoxy groups -OCH3 is 1. The summed E-state index contributed by atoms with van der Waals surface area (Å²) in [6.07, 6.45) is 0.755. The summed E-state index contributed by atoms with van der Waals surface area (Å²) in [4.78, 5) is 13.7. The first-order valence-electron chi connectivity index (χ1n) is 6.93. The topological polar surface area (TPSA) is 41.6 Å². The van der Waals surface area contributed by atoms with E-state index in [1.54, 1.807) is 17.0 Å². The van der Waals surface area contributed by atoms with Crippen LogP contribution in [0, 0.1) is 11.7 Å². The minimum Gasteiger partial charge on any atom is -0.494 e. The summed E-state index contributed by atoms with van der Waals surface area (Å²) in [5.74, 6) is 0.289. The van der Waals surface area contributed by atoms with Gasteiger partial charge in [0.1, 0.15) is 6.17 Å². The molecule has 5 heteroatoms. The highest BCUT2D eigenvalue weighted by Crippen LogP contribution is 2.27. The molecule has 0 radical (unpaired) electrons. The lowest BCUT2D eigenvalue weighted by Crippen LogP contribution is -2.34. The van der Waals surface area contributed by atoms with E-state index in [1.165, 1.54) is 13.2 Å². The Kier molecular flexibility index (Phi) is 4.60. The Labute approximate surface area is 118 Å². The van der Waals surface area contributed by atoms with Gasteiger partial charge in [0, 0.05) is 6.54 Å². The van der Waals surface area contributed by atoms with E-state index in [0.29, 0.717) is 19.0 Å². The summed E-state index contributed by atoms with van der Waals surface area (Å²) >= 11 is 0. The van der Waals surface area contributed by atoms with Crippen molar-refractivity contribution in [3.8, 4) is 5.75 Å². The van der Waals surface area contributed by atoms with Crippen LogP contribution < -0.4 is 10.1 Å². The zero-order valence-corrected chi connectivity index (χ0v) is 12.1. The monoisotopic (exact) mass is 280 g/mol. The fourth-order valence-corrected chi connectivity index (χ4v) is 2.36. The molecule has 0 spiro atoms. The molecule has 2 unspecified atom stereocenters. The number of carbonyl (C=O) groups excluding carboxylic acids is 1. The Bertz CT molecular complexity index is 493. The standard InChI is InChI=1S/C15H21FN2O2/c1-4-10(2)9-18-14(19)8-17-15(18)11-5-6-13(20-3)12(16)7-11/h5-7,10,15,17H,4,8-9H2,1-3H3. The van der Waals surface area contributed by atoms with E-state index in [2.05, 4.69) is 19.2 Å². The van der Waals surface area contributed by atoms with Crippen LogP contribution in [0.5, 0.6) is 5.75 Å². The number of halogens is 1. The van der Waals surface area contributed by atoms with E-state index in [4.69, 9.17) is 4.74 Å². The van der Waals surface area contributed by atoms with Crippen molar-refractivity contribution in [2.24, 2.45) is 5.92 Å². The first-order chi connectivity index (χ1) is 9.56. The molecule has 0 saturated carbocycles. The van der Waals surface area contributed by atoms with Crippen molar-refractivity contribution in [3.63, 3.8) is 0 Å². The van der Waals surface area contributed by atoms with Crippen LogP contribution in [0.25, 0.3) is 0 Å². The van der Waals surface area contributed by atoms with E-state index in [0.717, 1.165) is 12.0 Å². The molecule has 1 fully saturated rings. The van der Waals surface area contributed by atoms with Gasteiger partial charge in [-0.05, 0) is 23.6 Å². The Morgan fingerprint density at radius 3 is 2.90 bits per heavy atom. The molecule has 110 valence electrons. The van der Waals surface area contributed by atoms with Gasteiger partial charge in [-0.25, -0.2) is 4.39 Å². The van der Waals surface area contributed by atoms with Crippen LogP contribution in [0.2, 0.25) is 0 Å². The van der Waals surface area contributed by atoms with Crippen molar-refractivity contribution < 1.29 is 13.9 Å². The van der Waals surface area contributed by atoms with Gasteiger partial charge < -0.3 is 9.64 Å². The van der Waals surface area contributed by atoms with Crippen molar-refractivity contribution in [2.45, 2.75) is 26.4 Å². The molecule has 1 aliphatic rings. The fourth-order valence-electron chi connectivity index (χ4n) is 2.36. The Hall–Kier alpha value is -1.62. The molecule has 1 aromatic carbocycles. The normalized spacial score (nSPS) is 20.3. The first kappa shape index (κ1) is 14.8. The van der Waals surface area contributed by atoms with Crippen LogP contribution in [0.1, 0.15) is 32.0 Å². The van der Waals surface area contributed by atoms with Gasteiger partial charge in [-0.2, -0.15) is 0 Å². The van der Waals surface area contributed by atoms with Gasteiger partial charge in [-0.15, -0.1) is 0 Å². The Morgan fingerprint density at radius 2 is 2.30 bits per heavy atom. The van der Waals surface area contributed by atoms with Crippen LogP contribution in [0.15, 0.2) is 18.2 Å². The lowest BCUT2D eigenvalue weighted by atomic mass is 10.1. The molecule has 1 amide bonds. The van der Waals surface area contributed by atoms with Gasteiger partial charge in [0.15, 0.2) is 11.6 Å². The van der Waals surface area contributed by atoms with Crippen LogP contribution in [0.4, 0.5) is 4.39 Å². The predicted molar refractivity (Wildman–Crippen MR) is 74.9 cm³/mol. The van der Waals surface area contributed by atoms with Gasteiger partial charge >= 0.3 is 0 Å². The number of carbonyl (C=O) groups is 1. The maximum Gasteiger partial charge on any atom is 0.238 e. The molecular weight excluding hydrogens is 259 g/mol. The highest BCUT2D eigenvalue weighted by atomic mass is 19.1. The summed E-state index contributed by atoms with van der Waals surface area (Å²) in [6, 6.07) is 4.82. The van der Waals surface area contributed by atoms with Crippen LogP contribution in [-0.2, 0) is 4.79 Å². The number of nitrogens with zero attached hydrogens (tertiary/aromatic N) is 1. The lowest BCUT2D eigenvalue weighted by molar-refractivity contribution is -0.128. The second-order valence-electron chi connectivity index (χ2n) is 5.24. The van der Waals surface area contributed by atoms with Crippen LogP contribution in [0.3, 0.4) is 0 Å². The minimum atomic E-state index is -0.408. The van der Waals surface area contributed by atoms with Crippen LogP contribution >= 0.6 is 0 Å². The highest BCUT2D eigenvalue weighted by molar-refractivity contribution is 5.81. The first-order valence-corrected chi connectivity index (χ1v) is 6.93. The number of hydrogen-bond donors (Lipinski definition) is 1. The molecule has 2 rings (SSSR count). The van der Waals surface area contributed by atoms with Crippen molar-refractivity contribution in [1.82, 2.24) is 10.2 Å². The largest absolute Gasteiger partial charge is 0.494 e. The number of amides is 1. The van der Waals surface area contributed by atoms with Crippen molar-refractivity contribution >= 4 is 5.91 Å². The highest BCUT2D eigenvalue weighted by Gasteiger charge is 2.32. The summed E-state index contributed by atoms with van der Waals surface area (Å²) in [5, 5.41) is 3.14. The van der Waals surface area contributed by atoms with Crippen LogP contribution in [-0.4, -0.2) is 31.0 Å². The smallest absolute Gasteiger partial charge is 0.238 e. The summed E-state index contributed by atoms with van der Waals surface area (Å²) in [6.45, 7) is 5.19. The fraction of sp³-hybridized carbons (Fsp3) is 0.533. The molecule has 0 aromatic heterocycles. The summed E-state index contributed by atoms with van der Waals surface area (Å²) in [7, 11) is 1.44. The zero-order chi connectivity index (χ0) is 14.7. The number of hydrogen-bond acceptors (Lipinski definition) is 3. The Balaban J connectivity index is 2.21. The quantitative estimate of drug-likeness (QED) is 0.900. The number of rotatable bonds is 5. The molecule has 20 heavy (non-hydrogen) atoms. The molecule has 2 atom stereocenters. The molecule has 0 bridgehead atoms. The van der Waals surface area contributed by atoms with Crippen molar-refractivity contribution in [2.75, 3.05) is 20.2 Å². The van der Waals surface area contributed by atoms with Gasteiger partial charge in [0.2, 0.25) is 5.91 Å². The number of ether oxygens (including phenoxy) is 1. The molecule has 1 N–H and O–H groups in total. The molecule has 1 aromatic rings. The van der Waals surface area contributed by atoms with E-state index in [1.807, 2.05) is 0 Å². The third-order valence-electron chi connectivity index (χ3n) is 3.78. The third kappa shape index (κ3) is 2.93. The number of nitrogens with one attached hydrogen (secondary N) is 1. The third-order valence-corrected chi connectivity index (χ3v) is 3.78. The van der Waals surface area contributed by atoms with E-state index < -0.39 is 5.82 Å².